The van der Waals surface area contributed by atoms with Crippen LogP contribution < -0.4 is 16.6 Å². The predicted octanol–water partition coefficient (Wildman–Crippen LogP) is 5.38. The van der Waals surface area contributed by atoms with E-state index in [9.17, 15) is 0 Å². The molecule has 0 bridgehead atoms. The van der Waals surface area contributed by atoms with E-state index >= 15 is 0 Å². The topological polar surface area (TPSA) is 60.2 Å². The summed E-state index contributed by atoms with van der Waals surface area (Å²) in [5.41, 5.74) is 12.1. The van der Waals surface area contributed by atoms with Gasteiger partial charge in [-0.2, -0.15) is 0 Å². The van der Waals surface area contributed by atoms with Gasteiger partial charge < -0.3 is 10.3 Å². The van der Waals surface area contributed by atoms with Crippen molar-refractivity contribution in [1.82, 2.24) is 4.57 Å². The minimum Gasteiger partial charge on any atom is -0.397 e. The summed E-state index contributed by atoms with van der Waals surface area (Å²) in [7, 11) is 0. The molecule has 1 aromatic heterocycles. The van der Waals surface area contributed by atoms with E-state index in [0.29, 0.717) is 5.69 Å². The Bertz CT molecular complexity index is 1270. The van der Waals surface area contributed by atoms with Gasteiger partial charge in [0.2, 0.25) is 0 Å². The standard InChI is InChI=1S/C24H20N4/c25-21-15-20-19-13-7-8-14-22(19)27(17-9-3-1-4-10-17)23(20)16-24(21)28(26)18-11-5-2-6-12-18/h1-16H,25-26H2. The maximum Gasteiger partial charge on any atom is 0.0825 e. The summed E-state index contributed by atoms with van der Waals surface area (Å²) in [6, 6.07) is 32.7. The van der Waals surface area contributed by atoms with Crippen LogP contribution in [0.3, 0.4) is 0 Å². The van der Waals surface area contributed by atoms with E-state index in [2.05, 4.69) is 47.0 Å². The first kappa shape index (κ1) is 16.4. The Morgan fingerprint density at radius 1 is 0.643 bits per heavy atom. The highest BCUT2D eigenvalue weighted by Gasteiger charge is 2.16. The molecular weight excluding hydrogens is 344 g/mol. The van der Waals surface area contributed by atoms with E-state index in [1.54, 1.807) is 5.01 Å². The molecule has 0 aliphatic rings. The Kier molecular flexibility index (Phi) is 3.78. The van der Waals surface area contributed by atoms with Gasteiger partial charge in [0.25, 0.3) is 0 Å². The fraction of sp³-hybridized carbons (Fsp3) is 0. The summed E-state index contributed by atoms with van der Waals surface area (Å²) in [6.45, 7) is 0. The van der Waals surface area contributed by atoms with Gasteiger partial charge in [0, 0.05) is 16.5 Å². The number of para-hydroxylation sites is 3. The smallest absolute Gasteiger partial charge is 0.0825 e. The molecule has 0 spiro atoms. The number of aromatic nitrogens is 1. The minimum atomic E-state index is 0.648. The van der Waals surface area contributed by atoms with Crippen molar-refractivity contribution in [2.24, 2.45) is 5.84 Å². The van der Waals surface area contributed by atoms with Crippen molar-refractivity contribution in [2.75, 3.05) is 10.7 Å². The van der Waals surface area contributed by atoms with Crippen molar-refractivity contribution < 1.29 is 0 Å². The molecule has 0 radical (unpaired) electrons. The lowest BCUT2D eigenvalue weighted by molar-refractivity contribution is 1.09. The van der Waals surface area contributed by atoms with Crippen LogP contribution in [0.5, 0.6) is 0 Å². The number of nitrogens with two attached hydrogens (primary N) is 2. The average Bonchev–Trinajstić information content (AvgIpc) is 3.07. The molecular formula is C24H20N4. The summed E-state index contributed by atoms with van der Waals surface area (Å²) in [4.78, 5) is 0. The van der Waals surface area contributed by atoms with Gasteiger partial charge in [-0.3, -0.25) is 5.01 Å². The van der Waals surface area contributed by atoms with Gasteiger partial charge in [-0.05, 0) is 42.5 Å². The van der Waals surface area contributed by atoms with E-state index in [0.717, 1.165) is 33.5 Å². The minimum absolute atomic E-state index is 0.648. The molecule has 0 aliphatic heterocycles. The SMILES string of the molecule is Nc1cc2c3ccccc3n(-c3ccccc3)c2cc1N(N)c1ccccc1. The number of hydrogen-bond acceptors (Lipinski definition) is 3. The van der Waals surface area contributed by atoms with Crippen LogP contribution in [-0.4, -0.2) is 4.57 Å². The third kappa shape index (κ3) is 2.51. The maximum absolute atomic E-state index is 6.44. The number of hydrogen-bond donors (Lipinski definition) is 2. The molecule has 0 fully saturated rings. The zero-order valence-corrected chi connectivity index (χ0v) is 15.3. The number of benzene rings is 4. The van der Waals surface area contributed by atoms with E-state index < -0.39 is 0 Å². The second-order valence-corrected chi connectivity index (χ2v) is 6.82. The lowest BCUT2D eigenvalue weighted by Crippen LogP contribution is -2.25. The van der Waals surface area contributed by atoms with Crippen LogP contribution in [0, 0.1) is 0 Å². The van der Waals surface area contributed by atoms with Crippen LogP contribution >= 0.6 is 0 Å². The van der Waals surface area contributed by atoms with E-state index in [4.69, 9.17) is 11.6 Å². The monoisotopic (exact) mass is 364 g/mol. The molecule has 4 heteroatoms. The molecule has 1 heterocycles. The van der Waals surface area contributed by atoms with Crippen LogP contribution in [0.1, 0.15) is 0 Å². The van der Waals surface area contributed by atoms with Gasteiger partial charge in [-0.1, -0.05) is 54.6 Å². The number of nitrogen functional groups attached to an aromatic ring is 1. The van der Waals surface area contributed by atoms with Gasteiger partial charge in [-0.25, -0.2) is 5.84 Å². The van der Waals surface area contributed by atoms with E-state index in [-0.39, 0.29) is 0 Å². The van der Waals surface area contributed by atoms with Crippen LogP contribution in [0.15, 0.2) is 97.1 Å². The first-order chi connectivity index (χ1) is 13.7. The number of fused-ring (bicyclic) bond motifs is 3. The maximum atomic E-state index is 6.44. The molecule has 5 aromatic rings. The number of nitrogens with zero attached hydrogens (tertiary/aromatic N) is 2. The van der Waals surface area contributed by atoms with Crippen molar-refractivity contribution in [3.63, 3.8) is 0 Å². The van der Waals surface area contributed by atoms with Crippen LogP contribution in [0.2, 0.25) is 0 Å². The highest BCUT2D eigenvalue weighted by Crippen LogP contribution is 2.38. The quantitative estimate of drug-likeness (QED) is 0.257. The van der Waals surface area contributed by atoms with Gasteiger partial charge in [0.1, 0.15) is 0 Å². The van der Waals surface area contributed by atoms with Crippen molar-refractivity contribution in [2.45, 2.75) is 0 Å². The molecule has 0 saturated heterocycles. The molecule has 136 valence electrons. The van der Waals surface area contributed by atoms with Crippen molar-refractivity contribution in [3.8, 4) is 5.69 Å². The average molecular weight is 364 g/mol. The lowest BCUT2D eigenvalue weighted by atomic mass is 10.1. The number of anilines is 3. The van der Waals surface area contributed by atoms with Gasteiger partial charge in [-0.15, -0.1) is 0 Å². The summed E-state index contributed by atoms with van der Waals surface area (Å²) in [5.74, 6) is 6.44. The van der Waals surface area contributed by atoms with Gasteiger partial charge >= 0.3 is 0 Å². The van der Waals surface area contributed by atoms with Crippen LogP contribution in [0.4, 0.5) is 17.1 Å². The zero-order valence-electron chi connectivity index (χ0n) is 15.3. The van der Waals surface area contributed by atoms with Crippen molar-refractivity contribution >= 4 is 38.9 Å². The summed E-state index contributed by atoms with van der Waals surface area (Å²) in [6.07, 6.45) is 0. The first-order valence-corrected chi connectivity index (χ1v) is 9.22. The molecule has 5 rings (SSSR count). The summed E-state index contributed by atoms with van der Waals surface area (Å²) >= 11 is 0. The highest BCUT2D eigenvalue weighted by molar-refractivity contribution is 6.11. The first-order valence-electron chi connectivity index (χ1n) is 9.22. The molecule has 0 amide bonds. The second kappa shape index (κ2) is 6.44. The van der Waals surface area contributed by atoms with E-state index in [1.165, 1.54) is 5.39 Å². The third-order valence-corrected chi connectivity index (χ3v) is 5.13. The molecule has 4 aromatic carbocycles. The Morgan fingerprint density at radius 3 is 2.04 bits per heavy atom. The molecule has 4 N–H and O–H groups in total. The van der Waals surface area contributed by atoms with E-state index in [1.807, 2.05) is 54.6 Å². The Balaban J connectivity index is 1.83. The predicted molar refractivity (Wildman–Crippen MR) is 118 cm³/mol. The Labute approximate surface area is 163 Å². The van der Waals surface area contributed by atoms with Crippen molar-refractivity contribution in [1.29, 1.82) is 0 Å². The zero-order chi connectivity index (χ0) is 19.1. The molecule has 0 unspecified atom stereocenters. The fourth-order valence-corrected chi connectivity index (χ4v) is 3.81. The van der Waals surface area contributed by atoms with Gasteiger partial charge in [0.05, 0.1) is 28.1 Å². The Morgan fingerprint density at radius 2 is 1.29 bits per heavy atom. The normalized spacial score (nSPS) is 11.2. The molecule has 0 aliphatic carbocycles. The summed E-state index contributed by atoms with van der Waals surface area (Å²) in [5, 5.41) is 3.92. The van der Waals surface area contributed by atoms with Crippen LogP contribution in [0.25, 0.3) is 27.5 Å². The molecule has 0 atom stereocenters. The third-order valence-electron chi connectivity index (χ3n) is 5.13. The molecule has 28 heavy (non-hydrogen) atoms. The number of rotatable bonds is 3. The van der Waals surface area contributed by atoms with Crippen molar-refractivity contribution in [3.05, 3.63) is 97.1 Å². The number of hydrazine groups is 1. The molecule has 4 nitrogen and oxygen atoms in total. The summed E-state index contributed by atoms with van der Waals surface area (Å²) < 4.78 is 2.26. The fourth-order valence-electron chi connectivity index (χ4n) is 3.81. The largest absolute Gasteiger partial charge is 0.397 e. The second-order valence-electron chi connectivity index (χ2n) is 6.82. The van der Waals surface area contributed by atoms with Crippen LogP contribution in [-0.2, 0) is 0 Å². The lowest BCUT2D eigenvalue weighted by Gasteiger charge is -2.21. The highest BCUT2D eigenvalue weighted by atomic mass is 15.4. The van der Waals surface area contributed by atoms with Gasteiger partial charge in [0.15, 0.2) is 0 Å². The molecule has 0 saturated carbocycles. The Hall–Kier alpha value is -3.76.